The molecule has 96 valence electrons. The first kappa shape index (κ1) is 11.7. The molecule has 1 N–H and O–H groups in total. The summed E-state index contributed by atoms with van der Waals surface area (Å²) in [6, 6.07) is 10.9. The van der Waals surface area contributed by atoms with E-state index < -0.39 is 0 Å². The van der Waals surface area contributed by atoms with Gasteiger partial charge in [0.1, 0.15) is 0 Å². The second-order valence-corrected chi connectivity index (χ2v) is 5.34. The molecular weight excluding hydrogens is 224 g/mol. The molecule has 2 aliphatic heterocycles. The van der Waals surface area contributed by atoms with Crippen LogP contribution in [0.25, 0.3) is 0 Å². The third-order valence-electron chi connectivity index (χ3n) is 4.18. The molecule has 0 saturated carbocycles. The largest absolute Gasteiger partial charge is 0.339 e. The summed E-state index contributed by atoms with van der Waals surface area (Å²) in [6.45, 7) is 3.00. The highest BCUT2D eigenvalue weighted by Crippen LogP contribution is 2.30. The Kier molecular flexibility index (Phi) is 3.33. The Morgan fingerprint density at radius 2 is 1.83 bits per heavy atom. The second kappa shape index (κ2) is 5.11. The maximum Gasteiger partial charge on any atom is 0.223 e. The Morgan fingerprint density at radius 3 is 2.56 bits per heavy atom. The highest BCUT2D eigenvalue weighted by molar-refractivity contribution is 5.80. The molecule has 3 nitrogen and oxygen atoms in total. The van der Waals surface area contributed by atoms with Gasteiger partial charge < -0.3 is 10.2 Å². The lowest BCUT2D eigenvalue weighted by atomic mass is 9.98. The standard InChI is InChI=1S/C15H20N2O/c18-15-10-13(12-4-2-1-3-5-12)11-17(15)14-6-8-16-9-7-14/h1-5,13-14,16H,6-11H2/t13-/m0/s1. The number of nitrogens with zero attached hydrogens (tertiary/aromatic N) is 1. The van der Waals surface area contributed by atoms with Crippen LogP contribution in [0.2, 0.25) is 0 Å². The summed E-state index contributed by atoms with van der Waals surface area (Å²) in [5, 5.41) is 3.36. The summed E-state index contributed by atoms with van der Waals surface area (Å²) < 4.78 is 0. The van der Waals surface area contributed by atoms with Gasteiger partial charge in [-0.05, 0) is 31.5 Å². The van der Waals surface area contributed by atoms with Crippen LogP contribution in [-0.2, 0) is 4.79 Å². The molecular formula is C15H20N2O. The number of carbonyl (C=O) groups excluding carboxylic acids is 1. The van der Waals surface area contributed by atoms with Gasteiger partial charge in [-0.3, -0.25) is 4.79 Å². The first-order valence-corrected chi connectivity index (χ1v) is 6.90. The van der Waals surface area contributed by atoms with E-state index in [9.17, 15) is 4.79 Å². The summed E-state index contributed by atoms with van der Waals surface area (Å²) >= 11 is 0. The van der Waals surface area contributed by atoms with Crippen molar-refractivity contribution in [3.8, 4) is 0 Å². The van der Waals surface area contributed by atoms with Crippen LogP contribution in [0.5, 0.6) is 0 Å². The fraction of sp³-hybridized carbons (Fsp3) is 0.533. The zero-order valence-electron chi connectivity index (χ0n) is 10.6. The van der Waals surface area contributed by atoms with Crippen molar-refractivity contribution in [1.29, 1.82) is 0 Å². The number of nitrogens with one attached hydrogen (secondary N) is 1. The molecule has 0 unspecified atom stereocenters. The average molecular weight is 244 g/mol. The van der Waals surface area contributed by atoms with Gasteiger partial charge in [0.15, 0.2) is 0 Å². The van der Waals surface area contributed by atoms with Crippen molar-refractivity contribution < 1.29 is 4.79 Å². The van der Waals surface area contributed by atoms with E-state index in [0.717, 1.165) is 32.5 Å². The van der Waals surface area contributed by atoms with E-state index in [1.165, 1.54) is 5.56 Å². The molecule has 1 aromatic rings. The van der Waals surface area contributed by atoms with Gasteiger partial charge in [0.05, 0.1) is 0 Å². The summed E-state index contributed by atoms with van der Waals surface area (Å²) in [4.78, 5) is 14.3. The summed E-state index contributed by atoms with van der Waals surface area (Å²) in [6.07, 6.45) is 2.90. The van der Waals surface area contributed by atoms with E-state index >= 15 is 0 Å². The van der Waals surface area contributed by atoms with Crippen LogP contribution in [0.1, 0.15) is 30.7 Å². The third-order valence-corrected chi connectivity index (χ3v) is 4.18. The van der Waals surface area contributed by atoms with Crippen molar-refractivity contribution in [1.82, 2.24) is 10.2 Å². The lowest BCUT2D eigenvalue weighted by Crippen LogP contribution is -2.43. The molecule has 2 saturated heterocycles. The normalized spacial score (nSPS) is 25.7. The number of benzene rings is 1. The number of piperidine rings is 1. The molecule has 0 bridgehead atoms. The van der Waals surface area contributed by atoms with Crippen LogP contribution in [0.3, 0.4) is 0 Å². The van der Waals surface area contributed by atoms with Crippen molar-refractivity contribution >= 4 is 5.91 Å². The van der Waals surface area contributed by atoms with Crippen molar-refractivity contribution in [3.63, 3.8) is 0 Å². The molecule has 1 atom stereocenters. The molecule has 3 heteroatoms. The maximum absolute atomic E-state index is 12.2. The SMILES string of the molecule is O=C1C[C@H](c2ccccc2)CN1C1CCNCC1. The van der Waals surface area contributed by atoms with Crippen LogP contribution in [0.15, 0.2) is 30.3 Å². The van der Waals surface area contributed by atoms with Gasteiger partial charge in [0, 0.05) is 24.9 Å². The molecule has 1 aromatic carbocycles. The first-order valence-electron chi connectivity index (χ1n) is 6.90. The molecule has 0 spiro atoms. The maximum atomic E-state index is 12.2. The lowest BCUT2D eigenvalue weighted by Gasteiger charge is -2.31. The van der Waals surface area contributed by atoms with Crippen molar-refractivity contribution in [3.05, 3.63) is 35.9 Å². The van der Waals surface area contributed by atoms with Gasteiger partial charge in [-0.2, -0.15) is 0 Å². The van der Waals surface area contributed by atoms with Crippen molar-refractivity contribution in [2.45, 2.75) is 31.2 Å². The quantitative estimate of drug-likeness (QED) is 0.859. The van der Waals surface area contributed by atoms with E-state index in [1.807, 2.05) is 6.07 Å². The van der Waals surface area contributed by atoms with Gasteiger partial charge in [0.2, 0.25) is 5.91 Å². The fourth-order valence-electron chi connectivity index (χ4n) is 3.15. The van der Waals surface area contributed by atoms with Crippen molar-refractivity contribution in [2.24, 2.45) is 0 Å². The number of hydrogen-bond acceptors (Lipinski definition) is 2. The number of likely N-dealkylation sites (tertiary alicyclic amines) is 1. The van der Waals surface area contributed by atoms with E-state index in [1.54, 1.807) is 0 Å². The predicted molar refractivity (Wildman–Crippen MR) is 71.4 cm³/mol. The Balaban J connectivity index is 1.70. The predicted octanol–water partition coefficient (Wildman–Crippen LogP) is 1.75. The Bertz CT molecular complexity index is 412. The fourth-order valence-corrected chi connectivity index (χ4v) is 3.15. The summed E-state index contributed by atoms with van der Waals surface area (Å²) in [5.74, 6) is 0.740. The van der Waals surface area contributed by atoms with Gasteiger partial charge in [-0.15, -0.1) is 0 Å². The molecule has 18 heavy (non-hydrogen) atoms. The van der Waals surface area contributed by atoms with Gasteiger partial charge in [-0.1, -0.05) is 30.3 Å². The van der Waals surface area contributed by atoms with Gasteiger partial charge in [0.25, 0.3) is 0 Å². The molecule has 2 fully saturated rings. The Morgan fingerprint density at radius 1 is 1.11 bits per heavy atom. The third kappa shape index (κ3) is 2.27. The lowest BCUT2D eigenvalue weighted by molar-refractivity contribution is -0.130. The minimum atomic E-state index is 0.343. The van der Waals surface area contributed by atoms with Crippen LogP contribution in [-0.4, -0.2) is 36.5 Å². The van der Waals surface area contributed by atoms with E-state index in [2.05, 4.69) is 34.5 Å². The molecule has 3 rings (SSSR count). The molecule has 0 aromatic heterocycles. The topological polar surface area (TPSA) is 32.3 Å². The molecule has 2 aliphatic rings. The minimum absolute atomic E-state index is 0.343. The number of carbonyl (C=O) groups is 1. The van der Waals surface area contributed by atoms with Gasteiger partial charge >= 0.3 is 0 Å². The second-order valence-electron chi connectivity index (χ2n) is 5.34. The van der Waals surface area contributed by atoms with E-state index in [0.29, 0.717) is 24.3 Å². The summed E-state index contributed by atoms with van der Waals surface area (Å²) in [7, 11) is 0. The van der Waals surface area contributed by atoms with Crippen LogP contribution in [0, 0.1) is 0 Å². The molecule has 1 amide bonds. The molecule has 0 aliphatic carbocycles. The smallest absolute Gasteiger partial charge is 0.223 e. The first-order chi connectivity index (χ1) is 8.84. The molecule has 2 heterocycles. The van der Waals surface area contributed by atoms with Crippen LogP contribution >= 0.6 is 0 Å². The van der Waals surface area contributed by atoms with Crippen molar-refractivity contribution in [2.75, 3.05) is 19.6 Å². The average Bonchev–Trinajstić information content (AvgIpc) is 2.83. The number of rotatable bonds is 2. The van der Waals surface area contributed by atoms with Crippen LogP contribution in [0.4, 0.5) is 0 Å². The van der Waals surface area contributed by atoms with Gasteiger partial charge in [-0.25, -0.2) is 0 Å². The van der Waals surface area contributed by atoms with E-state index in [4.69, 9.17) is 0 Å². The molecule has 0 radical (unpaired) electrons. The van der Waals surface area contributed by atoms with E-state index in [-0.39, 0.29) is 0 Å². The monoisotopic (exact) mass is 244 g/mol. The highest BCUT2D eigenvalue weighted by Gasteiger charge is 2.35. The minimum Gasteiger partial charge on any atom is -0.339 e. The zero-order chi connectivity index (χ0) is 12.4. The summed E-state index contributed by atoms with van der Waals surface area (Å²) in [5.41, 5.74) is 1.31. The Labute approximate surface area is 108 Å². The number of hydrogen-bond donors (Lipinski definition) is 1. The van der Waals surface area contributed by atoms with Crippen LogP contribution < -0.4 is 5.32 Å². The Hall–Kier alpha value is -1.35. The highest BCUT2D eigenvalue weighted by atomic mass is 16.2. The zero-order valence-corrected chi connectivity index (χ0v) is 10.6. The number of amides is 1.